The molecule has 0 aromatic carbocycles. The highest BCUT2D eigenvalue weighted by Gasteiger charge is 2.50. The minimum absolute atomic E-state index is 0.0337. The Labute approximate surface area is 180 Å². The van der Waals surface area contributed by atoms with Gasteiger partial charge in [-0.15, -0.1) is 0 Å². The molecular weight excluding hydrogens is 511 g/mol. The van der Waals surface area contributed by atoms with Gasteiger partial charge in [0.2, 0.25) is 0 Å². The van der Waals surface area contributed by atoms with Crippen LogP contribution < -0.4 is 0 Å². The maximum Gasteiger partial charge on any atom is 0.480 e. The number of hydrogen-bond acceptors (Lipinski definition) is 5. The number of sulfonamides is 2. The second kappa shape index (κ2) is 12.0. The molecule has 0 aliphatic heterocycles. The Bertz CT molecular complexity index is 768. The second-order valence-electron chi connectivity index (χ2n) is 6.85. The number of alkyl halides is 9. The smallest absolute Gasteiger partial charge is 0.429 e. The van der Waals surface area contributed by atoms with Crippen molar-refractivity contribution in [2.24, 2.45) is 0 Å². The van der Waals surface area contributed by atoms with Gasteiger partial charge in [-0.3, -0.25) is 0 Å². The molecular formula is C14H25F9N2O5S2. The van der Waals surface area contributed by atoms with Gasteiger partial charge in [0.15, 0.2) is 10.0 Å². The predicted molar refractivity (Wildman–Crippen MR) is 96.6 cm³/mol. The van der Waals surface area contributed by atoms with Crippen LogP contribution in [0.1, 0.15) is 20.3 Å². The zero-order valence-electron chi connectivity index (χ0n) is 17.5. The van der Waals surface area contributed by atoms with Crippen LogP contribution in [0.2, 0.25) is 0 Å². The van der Waals surface area contributed by atoms with Crippen LogP contribution in [0.3, 0.4) is 0 Å². The van der Waals surface area contributed by atoms with Crippen molar-refractivity contribution in [1.82, 2.24) is 0 Å². The van der Waals surface area contributed by atoms with E-state index in [1.807, 2.05) is 20.9 Å². The zero-order valence-corrected chi connectivity index (χ0v) is 19.1. The van der Waals surface area contributed by atoms with Crippen molar-refractivity contribution in [2.75, 3.05) is 46.2 Å². The van der Waals surface area contributed by atoms with Gasteiger partial charge in [-0.25, -0.2) is 43.2 Å². The number of halogens is 9. The quantitative estimate of drug-likeness (QED) is 0.216. The molecule has 0 spiro atoms. The highest BCUT2D eigenvalue weighted by Crippen LogP contribution is 2.35. The lowest BCUT2D eigenvalue weighted by molar-refractivity contribution is -0.906. The van der Waals surface area contributed by atoms with Crippen molar-refractivity contribution < 1.29 is 65.6 Å². The lowest BCUT2D eigenvalue weighted by atomic mass is 10.1. The van der Waals surface area contributed by atoms with Gasteiger partial charge in [0, 0.05) is 6.26 Å². The molecule has 0 aromatic heterocycles. The van der Waals surface area contributed by atoms with Gasteiger partial charge in [-0.2, -0.15) is 13.2 Å². The molecule has 0 N–H and O–H groups in total. The first kappa shape index (κ1) is 33.3. The topological polar surface area (TPSA) is 91.6 Å². The Hall–Kier alpha value is -0.850. The summed E-state index contributed by atoms with van der Waals surface area (Å²) in [5, 5.41) is 0. The molecule has 18 heteroatoms. The van der Waals surface area contributed by atoms with Crippen LogP contribution in [0.25, 0.3) is 4.13 Å². The molecule has 7 nitrogen and oxygen atoms in total. The predicted octanol–water partition coefficient (Wildman–Crippen LogP) is 3.58. The SMILES string of the molecule is CC[N+](C)(CC)CCOCC(F)(F)CC(F)(F)C(F)F.CS(=O)(=O)[N-]S(=O)(=O)C(F)(F)F. The third-order valence-electron chi connectivity index (χ3n) is 3.96. The maximum absolute atomic E-state index is 13.1. The number of quaternary nitrogens is 1. The molecule has 0 amide bonds. The van der Waals surface area contributed by atoms with E-state index in [1.165, 1.54) is 0 Å². The van der Waals surface area contributed by atoms with Crippen molar-refractivity contribution in [1.29, 1.82) is 0 Å². The number of nitrogens with zero attached hydrogens (tertiary/aromatic N) is 2. The average Bonchev–Trinajstić information content (AvgIpc) is 2.55. The first-order valence-corrected chi connectivity index (χ1v) is 11.9. The Morgan fingerprint density at radius 3 is 1.66 bits per heavy atom. The van der Waals surface area contributed by atoms with Gasteiger partial charge >= 0.3 is 17.9 Å². The summed E-state index contributed by atoms with van der Waals surface area (Å²) in [4.78, 5) is 0. The minimum Gasteiger partial charge on any atom is -0.429 e. The average molecular weight is 536 g/mol. The highest BCUT2D eigenvalue weighted by molar-refractivity contribution is 8.12. The van der Waals surface area contributed by atoms with Gasteiger partial charge in [-0.1, -0.05) is 0 Å². The molecule has 0 bridgehead atoms. The molecule has 0 atom stereocenters. The van der Waals surface area contributed by atoms with E-state index in [0.29, 0.717) is 11.0 Å². The molecule has 0 aromatic rings. The second-order valence-corrected chi connectivity index (χ2v) is 10.3. The van der Waals surface area contributed by atoms with Crippen molar-refractivity contribution in [2.45, 2.75) is 44.0 Å². The monoisotopic (exact) mass is 536 g/mol. The summed E-state index contributed by atoms with van der Waals surface area (Å²) in [5.41, 5.74) is -5.67. The summed E-state index contributed by atoms with van der Waals surface area (Å²) in [6.07, 6.45) is -6.06. The Morgan fingerprint density at radius 2 is 1.38 bits per heavy atom. The number of hydrogen-bond donors (Lipinski definition) is 0. The van der Waals surface area contributed by atoms with Crippen LogP contribution in [0.5, 0.6) is 0 Å². The van der Waals surface area contributed by atoms with E-state index in [4.69, 9.17) is 0 Å². The first-order valence-electron chi connectivity index (χ1n) is 8.64. The molecule has 196 valence electrons. The fraction of sp³-hybridized carbons (Fsp3) is 1.00. The maximum atomic E-state index is 13.1. The summed E-state index contributed by atoms with van der Waals surface area (Å²) < 4.78 is 156. The minimum atomic E-state index is -5.92. The lowest BCUT2D eigenvalue weighted by Gasteiger charge is -2.32. The van der Waals surface area contributed by atoms with Crippen molar-refractivity contribution in [3.05, 3.63) is 4.13 Å². The molecule has 0 aliphatic carbocycles. The summed E-state index contributed by atoms with van der Waals surface area (Å²) >= 11 is 0. The van der Waals surface area contributed by atoms with Gasteiger partial charge in [0.25, 0.3) is 5.92 Å². The first-order chi connectivity index (χ1) is 13.9. The highest BCUT2D eigenvalue weighted by atomic mass is 32.3. The summed E-state index contributed by atoms with van der Waals surface area (Å²) in [5.74, 6) is -8.67. The van der Waals surface area contributed by atoms with E-state index in [-0.39, 0.29) is 12.9 Å². The van der Waals surface area contributed by atoms with Crippen molar-refractivity contribution >= 4 is 20.0 Å². The number of rotatable bonds is 12. The van der Waals surface area contributed by atoms with Gasteiger partial charge < -0.3 is 13.3 Å². The van der Waals surface area contributed by atoms with Gasteiger partial charge in [-0.05, 0) is 13.8 Å². The molecule has 0 heterocycles. The van der Waals surface area contributed by atoms with E-state index >= 15 is 0 Å². The zero-order chi connectivity index (χ0) is 26.2. The van der Waals surface area contributed by atoms with Crippen LogP contribution in [0.15, 0.2) is 0 Å². The molecule has 0 unspecified atom stereocenters. The summed E-state index contributed by atoms with van der Waals surface area (Å²) in [6, 6.07) is 0. The Kier molecular flexibility index (Phi) is 12.5. The fourth-order valence-electron chi connectivity index (χ4n) is 1.74. The van der Waals surface area contributed by atoms with E-state index in [9.17, 15) is 56.3 Å². The normalized spacial score (nSPS) is 14.3. The van der Waals surface area contributed by atoms with E-state index in [1.54, 1.807) is 4.13 Å². The van der Waals surface area contributed by atoms with E-state index in [0.717, 1.165) is 13.1 Å². The Morgan fingerprint density at radius 1 is 0.938 bits per heavy atom. The molecule has 0 aliphatic rings. The van der Waals surface area contributed by atoms with Crippen molar-refractivity contribution in [3.8, 4) is 0 Å². The van der Waals surface area contributed by atoms with Crippen molar-refractivity contribution in [3.63, 3.8) is 0 Å². The molecule has 0 saturated carbocycles. The van der Waals surface area contributed by atoms with E-state index in [2.05, 4.69) is 4.74 Å². The third-order valence-corrected chi connectivity index (χ3v) is 6.41. The van der Waals surface area contributed by atoms with E-state index < -0.39 is 56.9 Å². The lowest BCUT2D eigenvalue weighted by Crippen LogP contribution is -2.46. The largest absolute Gasteiger partial charge is 0.480 e. The molecule has 0 fully saturated rings. The van der Waals surface area contributed by atoms with Crippen LogP contribution in [0, 0.1) is 0 Å². The van der Waals surface area contributed by atoms with Crippen LogP contribution in [-0.4, -0.2) is 91.2 Å². The standard InChI is InChI=1S/C12H22F6NO.C2H3F3NO4S2/c1-4-19(3,5-2)6-7-20-9-11(15,16)8-12(17,18)10(13)14;1-11(7,8)6-12(9,10)2(3,4)5/h10H,4-9H2,1-3H3;1H3/q+1;-1. The summed E-state index contributed by atoms with van der Waals surface area (Å²) in [6.45, 7) is 4.56. The molecule has 0 saturated heterocycles. The van der Waals surface area contributed by atoms with Crippen LogP contribution in [-0.2, 0) is 24.8 Å². The van der Waals surface area contributed by atoms with Crippen LogP contribution in [0.4, 0.5) is 39.5 Å². The molecule has 0 radical (unpaired) electrons. The third kappa shape index (κ3) is 13.6. The number of ether oxygens (including phenoxy) is 1. The Balaban J connectivity index is 0. The van der Waals surface area contributed by atoms with Gasteiger partial charge in [0.1, 0.15) is 13.2 Å². The fourth-order valence-corrected chi connectivity index (χ4v) is 3.50. The molecule has 32 heavy (non-hydrogen) atoms. The summed E-state index contributed by atoms with van der Waals surface area (Å²) in [7, 11) is -8.56. The number of likely N-dealkylation sites (N-methyl/N-ethyl adjacent to an activating group) is 1. The molecule has 0 rings (SSSR count). The van der Waals surface area contributed by atoms with Gasteiger partial charge in [0.05, 0.1) is 43.2 Å². The van der Waals surface area contributed by atoms with Crippen LogP contribution >= 0.6 is 0 Å².